The minimum absolute atomic E-state index is 0.0569. The molecule has 11 heteroatoms. The van der Waals surface area contributed by atoms with Gasteiger partial charge in [0.1, 0.15) is 0 Å². The van der Waals surface area contributed by atoms with Gasteiger partial charge in [-0.05, 0) is 63.2 Å². The van der Waals surface area contributed by atoms with Crippen molar-refractivity contribution in [3.8, 4) is 0 Å². The van der Waals surface area contributed by atoms with Gasteiger partial charge in [-0.1, -0.05) is 6.07 Å². The van der Waals surface area contributed by atoms with Gasteiger partial charge in [-0.2, -0.15) is 13.2 Å². The number of aromatic nitrogens is 3. The van der Waals surface area contributed by atoms with Crippen LogP contribution in [0, 0.1) is 6.92 Å². The van der Waals surface area contributed by atoms with Gasteiger partial charge in [0.05, 0.1) is 28.5 Å². The number of rotatable bonds is 4. The number of halogens is 3. The first-order chi connectivity index (χ1) is 15.8. The second-order valence-electron chi connectivity index (χ2n) is 8.26. The molecule has 0 aliphatic heterocycles. The van der Waals surface area contributed by atoms with Gasteiger partial charge in [-0.15, -0.1) is 0 Å². The molecule has 0 N–H and O–H groups in total. The Morgan fingerprint density at radius 3 is 2.32 bits per heavy atom. The van der Waals surface area contributed by atoms with Crippen LogP contribution in [-0.2, 0) is 16.2 Å². The average molecular weight is 491 g/mol. The zero-order chi connectivity index (χ0) is 25.0. The third-order valence-electron chi connectivity index (χ3n) is 5.27. The summed E-state index contributed by atoms with van der Waals surface area (Å²) in [5, 5.41) is 0.630. The summed E-state index contributed by atoms with van der Waals surface area (Å²) in [4.78, 5) is 21.4. The minimum Gasteiger partial charge on any atom is -0.318 e. The Balaban J connectivity index is 1.84. The molecule has 7 nitrogen and oxygen atoms in total. The third-order valence-corrected chi connectivity index (χ3v) is 6.31. The van der Waals surface area contributed by atoms with Crippen LogP contribution in [0.15, 0.2) is 48.5 Å². The van der Waals surface area contributed by atoms with Crippen LogP contribution in [-0.4, -0.2) is 35.1 Å². The molecule has 4 aromatic rings. The minimum atomic E-state index is -4.69. The monoisotopic (exact) mass is 490 g/mol. The molecular weight excluding hydrogens is 469 g/mol. The Morgan fingerprint density at radius 1 is 1.00 bits per heavy atom. The van der Waals surface area contributed by atoms with Crippen molar-refractivity contribution in [1.82, 2.24) is 14.5 Å². The van der Waals surface area contributed by atoms with Crippen molar-refractivity contribution in [2.75, 3.05) is 10.6 Å². The van der Waals surface area contributed by atoms with E-state index in [0.717, 1.165) is 16.5 Å². The fraction of sp³-hybridized carbons (Fsp3) is 0.261. The summed E-state index contributed by atoms with van der Waals surface area (Å²) in [5.74, 6) is -1.99. The summed E-state index contributed by atoms with van der Waals surface area (Å²) in [7, 11) is -4.08. The van der Waals surface area contributed by atoms with E-state index in [1.54, 1.807) is 32.0 Å². The maximum absolute atomic E-state index is 13.5. The number of benzene rings is 2. The Kier molecular flexibility index (Phi) is 5.63. The second-order valence-corrected chi connectivity index (χ2v) is 10.1. The van der Waals surface area contributed by atoms with E-state index in [-0.39, 0.29) is 22.3 Å². The van der Waals surface area contributed by atoms with E-state index >= 15 is 0 Å². The first-order valence-corrected chi connectivity index (χ1v) is 12.1. The standard InChI is InChI=1S/C23H21F3N4O3S/c1-13(2)29-20-10-7-16(12-19(20)28-22(29)23(24,25)26)21(31)30(34(4,32)33)17-8-9-18-15(11-17)6-5-14(3)27-18/h5-13H,1-4H3. The molecule has 0 saturated carbocycles. The Hall–Kier alpha value is -3.47. The number of alkyl halides is 3. The number of sulfonamides is 1. The van der Waals surface area contributed by atoms with Gasteiger partial charge in [-0.25, -0.2) is 17.7 Å². The summed E-state index contributed by atoms with van der Waals surface area (Å²) in [6, 6.07) is 11.4. The van der Waals surface area contributed by atoms with Crippen LogP contribution in [0.2, 0.25) is 0 Å². The van der Waals surface area contributed by atoms with Crippen molar-refractivity contribution in [3.63, 3.8) is 0 Å². The van der Waals surface area contributed by atoms with E-state index in [9.17, 15) is 26.4 Å². The van der Waals surface area contributed by atoms with Crippen molar-refractivity contribution in [2.24, 2.45) is 0 Å². The lowest BCUT2D eigenvalue weighted by atomic mass is 10.1. The molecule has 0 fully saturated rings. The molecular formula is C23H21F3N4O3S. The molecule has 0 bridgehead atoms. The molecule has 1 amide bonds. The number of anilines is 1. The SMILES string of the molecule is Cc1ccc2cc(N(C(=O)c3ccc4c(c3)nc(C(F)(F)F)n4C(C)C)S(C)(=O)=O)ccc2n1. The predicted molar refractivity (Wildman–Crippen MR) is 123 cm³/mol. The van der Waals surface area contributed by atoms with Crippen molar-refractivity contribution in [2.45, 2.75) is 33.0 Å². The highest BCUT2D eigenvalue weighted by Crippen LogP contribution is 2.34. The Morgan fingerprint density at radius 2 is 1.71 bits per heavy atom. The quantitative estimate of drug-likeness (QED) is 0.397. The molecule has 0 unspecified atom stereocenters. The molecule has 0 spiro atoms. The van der Waals surface area contributed by atoms with Crippen molar-refractivity contribution in [3.05, 3.63) is 65.6 Å². The summed E-state index contributed by atoms with van der Waals surface area (Å²) in [5.41, 5.74) is 1.53. The smallest absolute Gasteiger partial charge is 0.318 e. The van der Waals surface area contributed by atoms with Crippen LogP contribution in [0.4, 0.5) is 18.9 Å². The van der Waals surface area contributed by atoms with Gasteiger partial charge in [0.2, 0.25) is 15.8 Å². The van der Waals surface area contributed by atoms with E-state index < -0.39 is 34.0 Å². The van der Waals surface area contributed by atoms with Gasteiger partial charge in [0.15, 0.2) is 0 Å². The van der Waals surface area contributed by atoms with Gasteiger partial charge in [-0.3, -0.25) is 9.78 Å². The molecule has 0 aliphatic carbocycles. The first kappa shape index (κ1) is 23.7. The number of carbonyl (C=O) groups is 1. The van der Waals surface area contributed by atoms with Crippen LogP contribution in [0.1, 0.15) is 41.8 Å². The summed E-state index contributed by atoms with van der Waals surface area (Å²) in [6.07, 6.45) is -3.81. The maximum atomic E-state index is 13.5. The largest absolute Gasteiger partial charge is 0.449 e. The number of fused-ring (bicyclic) bond motifs is 2. The molecule has 34 heavy (non-hydrogen) atoms. The van der Waals surface area contributed by atoms with E-state index in [2.05, 4.69) is 9.97 Å². The summed E-state index contributed by atoms with van der Waals surface area (Å²) >= 11 is 0. The fourth-order valence-corrected chi connectivity index (χ4v) is 4.78. The van der Waals surface area contributed by atoms with Crippen molar-refractivity contribution >= 4 is 43.6 Å². The van der Waals surface area contributed by atoms with E-state index in [1.807, 2.05) is 6.92 Å². The zero-order valence-electron chi connectivity index (χ0n) is 18.8. The molecule has 4 rings (SSSR count). The van der Waals surface area contributed by atoms with Crippen LogP contribution < -0.4 is 4.31 Å². The number of carbonyl (C=O) groups excluding carboxylic acids is 1. The average Bonchev–Trinajstić information content (AvgIpc) is 3.12. The van der Waals surface area contributed by atoms with E-state index in [1.165, 1.54) is 30.3 Å². The molecule has 2 heterocycles. The summed E-state index contributed by atoms with van der Waals surface area (Å²) < 4.78 is 67.4. The van der Waals surface area contributed by atoms with Gasteiger partial charge in [0.25, 0.3) is 5.91 Å². The lowest BCUT2D eigenvalue weighted by Crippen LogP contribution is -2.36. The van der Waals surface area contributed by atoms with Crippen LogP contribution in [0.25, 0.3) is 21.9 Å². The van der Waals surface area contributed by atoms with E-state index in [0.29, 0.717) is 15.2 Å². The molecule has 0 radical (unpaired) electrons. The highest BCUT2D eigenvalue weighted by atomic mass is 32.2. The highest BCUT2D eigenvalue weighted by Gasteiger charge is 2.38. The number of hydrogen-bond acceptors (Lipinski definition) is 5. The van der Waals surface area contributed by atoms with Crippen LogP contribution >= 0.6 is 0 Å². The molecule has 178 valence electrons. The van der Waals surface area contributed by atoms with Crippen molar-refractivity contribution in [1.29, 1.82) is 0 Å². The lowest BCUT2D eigenvalue weighted by Gasteiger charge is -2.21. The zero-order valence-corrected chi connectivity index (χ0v) is 19.6. The normalized spacial score (nSPS) is 12.6. The number of hydrogen-bond donors (Lipinski definition) is 0. The van der Waals surface area contributed by atoms with E-state index in [4.69, 9.17) is 0 Å². The molecule has 0 saturated heterocycles. The number of pyridine rings is 1. The number of aryl methyl sites for hydroxylation is 1. The lowest BCUT2D eigenvalue weighted by molar-refractivity contribution is -0.147. The molecule has 2 aromatic heterocycles. The van der Waals surface area contributed by atoms with Gasteiger partial charge in [0, 0.05) is 22.7 Å². The molecule has 2 aromatic carbocycles. The number of imidazole rings is 1. The number of nitrogens with zero attached hydrogens (tertiary/aromatic N) is 4. The Labute approximate surface area is 193 Å². The second kappa shape index (κ2) is 8.08. The predicted octanol–water partition coefficient (Wildman–Crippen LogP) is 5.10. The first-order valence-electron chi connectivity index (χ1n) is 10.3. The van der Waals surface area contributed by atoms with Gasteiger partial charge >= 0.3 is 6.18 Å². The van der Waals surface area contributed by atoms with Crippen LogP contribution in [0.5, 0.6) is 0 Å². The maximum Gasteiger partial charge on any atom is 0.449 e. The van der Waals surface area contributed by atoms with Crippen LogP contribution in [0.3, 0.4) is 0 Å². The summed E-state index contributed by atoms with van der Waals surface area (Å²) in [6.45, 7) is 5.01. The molecule has 0 atom stereocenters. The number of amides is 1. The Bertz CT molecular complexity index is 1540. The molecule has 0 aliphatic rings. The highest BCUT2D eigenvalue weighted by molar-refractivity contribution is 7.92. The van der Waals surface area contributed by atoms with Gasteiger partial charge < -0.3 is 4.57 Å². The van der Waals surface area contributed by atoms with Crippen molar-refractivity contribution < 1.29 is 26.4 Å². The topological polar surface area (TPSA) is 85.2 Å². The fourth-order valence-electron chi connectivity index (χ4n) is 3.87. The third kappa shape index (κ3) is 4.23.